The zero-order valence-electron chi connectivity index (χ0n) is 11.3. The minimum absolute atomic E-state index is 0.420. The van der Waals surface area contributed by atoms with Gasteiger partial charge in [-0.1, -0.05) is 18.2 Å². The van der Waals surface area contributed by atoms with Crippen molar-refractivity contribution < 1.29 is 19.4 Å². The fraction of sp³-hybridized carbons (Fsp3) is 0.500. The number of aliphatic carboxylic acids is 1. The van der Waals surface area contributed by atoms with E-state index in [2.05, 4.69) is 0 Å². The summed E-state index contributed by atoms with van der Waals surface area (Å²) in [5, 5.41) is 9.17. The highest BCUT2D eigenvalue weighted by atomic mass is 16.5. The van der Waals surface area contributed by atoms with Crippen molar-refractivity contribution in [2.45, 2.75) is 26.9 Å². The SMILES string of the molecule is COCc1cccc(CC(C)(C)C(=O)O)c1OC. The summed E-state index contributed by atoms with van der Waals surface area (Å²) in [7, 11) is 3.21. The highest BCUT2D eigenvalue weighted by Gasteiger charge is 2.29. The molecule has 0 saturated heterocycles. The van der Waals surface area contributed by atoms with Crippen molar-refractivity contribution in [3.05, 3.63) is 29.3 Å². The summed E-state index contributed by atoms with van der Waals surface area (Å²) in [6, 6.07) is 5.70. The summed E-state index contributed by atoms with van der Waals surface area (Å²) >= 11 is 0. The molecule has 0 aliphatic heterocycles. The van der Waals surface area contributed by atoms with Crippen molar-refractivity contribution in [2.24, 2.45) is 5.41 Å². The third kappa shape index (κ3) is 3.23. The van der Waals surface area contributed by atoms with Crippen LogP contribution in [0.5, 0.6) is 5.75 Å². The molecule has 4 heteroatoms. The van der Waals surface area contributed by atoms with Gasteiger partial charge in [0.15, 0.2) is 0 Å². The van der Waals surface area contributed by atoms with Crippen LogP contribution in [0.15, 0.2) is 18.2 Å². The van der Waals surface area contributed by atoms with Gasteiger partial charge in [0.25, 0.3) is 0 Å². The van der Waals surface area contributed by atoms with Crippen LogP contribution in [-0.2, 0) is 22.6 Å². The normalized spacial score (nSPS) is 11.3. The van der Waals surface area contributed by atoms with Gasteiger partial charge in [-0.25, -0.2) is 0 Å². The van der Waals surface area contributed by atoms with E-state index in [0.29, 0.717) is 18.8 Å². The molecule has 0 heterocycles. The van der Waals surface area contributed by atoms with Crippen LogP contribution in [0.2, 0.25) is 0 Å². The fourth-order valence-corrected chi connectivity index (χ4v) is 1.86. The van der Waals surface area contributed by atoms with E-state index in [1.54, 1.807) is 28.1 Å². The third-order valence-electron chi connectivity index (χ3n) is 2.89. The average Bonchev–Trinajstić information content (AvgIpc) is 2.29. The first kappa shape index (κ1) is 14.5. The molecule has 0 radical (unpaired) electrons. The third-order valence-corrected chi connectivity index (χ3v) is 2.89. The van der Waals surface area contributed by atoms with E-state index in [-0.39, 0.29) is 0 Å². The Kier molecular flexibility index (Phi) is 4.73. The van der Waals surface area contributed by atoms with E-state index >= 15 is 0 Å². The van der Waals surface area contributed by atoms with Gasteiger partial charge in [0.05, 0.1) is 19.1 Å². The zero-order valence-corrected chi connectivity index (χ0v) is 11.3. The second-order valence-corrected chi connectivity index (χ2v) is 4.91. The standard InChI is InChI=1S/C14H20O4/c1-14(2,13(15)16)8-10-6-5-7-11(9-17-3)12(10)18-4/h5-7H,8-9H2,1-4H3,(H,15,16). The molecular weight excluding hydrogens is 232 g/mol. The second-order valence-electron chi connectivity index (χ2n) is 4.91. The molecule has 1 rings (SSSR count). The van der Waals surface area contributed by atoms with Crippen LogP contribution in [0.25, 0.3) is 0 Å². The Hall–Kier alpha value is -1.55. The van der Waals surface area contributed by atoms with Gasteiger partial charge in [0, 0.05) is 12.7 Å². The van der Waals surface area contributed by atoms with Crippen molar-refractivity contribution in [2.75, 3.05) is 14.2 Å². The predicted molar refractivity (Wildman–Crippen MR) is 68.8 cm³/mol. The van der Waals surface area contributed by atoms with Gasteiger partial charge in [0.1, 0.15) is 5.75 Å². The molecule has 4 nitrogen and oxygen atoms in total. The van der Waals surface area contributed by atoms with Crippen LogP contribution in [0.3, 0.4) is 0 Å². The largest absolute Gasteiger partial charge is 0.496 e. The minimum Gasteiger partial charge on any atom is -0.496 e. The number of hydrogen-bond acceptors (Lipinski definition) is 3. The number of carboxylic acid groups (broad SMARTS) is 1. The number of benzene rings is 1. The maximum atomic E-state index is 11.2. The first-order valence-corrected chi connectivity index (χ1v) is 5.79. The molecule has 0 aliphatic rings. The van der Waals surface area contributed by atoms with E-state index in [0.717, 1.165) is 11.1 Å². The molecule has 0 fully saturated rings. The fourth-order valence-electron chi connectivity index (χ4n) is 1.86. The van der Waals surface area contributed by atoms with Crippen LogP contribution in [-0.4, -0.2) is 25.3 Å². The molecule has 0 amide bonds. The van der Waals surface area contributed by atoms with Gasteiger partial charge >= 0.3 is 5.97 Å². The number of rotatable bonds is 6. The van der Waals surface area contributed by atoms with E-state index in [9.17, 15) is 9.90 Å². The first-order chi connectivity index (χ1) is 8.42. The molecule has 1 N–H and O–H groups in total. The summed E-state index contributed by atoms with van der Waals surface area (Å²) in [6.45, 7) is 3.86. The maximum absolute atomic E-state index is 11.2. The van der Waals surface area contributed by atoms with Crippen LogP contribution < -0.4 is 4.74 Å². The topological polar surface area (TPSA) is 55.8 Å². The van der Waals surface area contributed by atoms with Crippen molar-refractivity contribution in [3.63, 3.8) is 0 Å². The second kappa shape index (κ2) is 5.87. The van der Waals surface area contributed by atoms with Crippen molar-refractivity contribution in [3.8, 4) is 5.75 Å². The maximum Gasteiger partial charge on any atom is 0.309 e. The molecule has 0 bridgehead atoms. The Morgan fingerprint density at radius 2 is 1.89 bits per heavy atom. The lowest BCUT2D eigenvalue weighted by molar-refractivity contribution is -0.146. The number of carboxylic acids is 1. The van der Waals surface area contributed by atoms with Gasteiger partial charge < -0.3 is 14.6 Å². The van der Waals surface area contributed by atoms with Crippen LogP contribution in [0, 0.1) is 5.41 Å². The molecule has 1 aromatic carbocycles. The Bertz CT molecular complexity index is 424. The summed E-state index contributed by atoms with van der Waals surface area (Å²) in [6.07, 6.45) is 0.420. The average molecular weight is 252 g/mol. The summed E-state index contributed by atoms with van der Waals surface area (Å²) < 4.78 is 10.5. The van der Waals surface area contributed by atoms with Crippen molar-refractivity contribution >= 4 is 5.97 Å². The lowest BCUT2D eigenvalue weighted by atomic mass is 9.85. The number of hydrogen-bond donors (Lipinski definition) is 1. The van der Waals surface area contributed by atoms with Crippen molar-refractivity contribution in [1.82, 2.24) is 0 Å². The highest BCUT2D eigenvalue weighted by molar-refractivity contribution is 5.74. The summed E-state index contributed by atoms with van der Waals surface area (Å²) in [4.78, 5) is 11.2. The molecule has 18 heavy (non-hydrogen) atoms. The molecule has 0 spiro atoms. The summed E-state index contributed by atoms with van der Waals surface area (Å²) in [5.41, 5.74) is 0.997. The van der Waals surface area contributed by atoms with Crippen LogP contribution in [0.4, 0.5) is 0 Å². The Morgan fingerprint density at radius 3 is 2.39 bits per heavy atom. The number of methoxy groups -OCH3 is 2. The highest BCUT2D eigenvalue weighted by Crippen LogP contribution is 2.31. The van der Waals surface area contributed by atoms with Gasteiger partial charge in [0.2, 0.25) is 0 Å². The zero-order chi connectivity index (χ0) is 13.8. The van der Waals surface area contributed by atoms with E-state index in [1.807, 2.05) is 18.2 Å². The lowest BCUT2D eigenvalue weighted by Gasteiger charge is -2.21. The molecule has 0 aromatic heterocycles. The number of para-hydroxylation sites is 1. The Morgan fingerprint density at radius 1 is 1.28 bits per heavy atom. The van der Waals surface area contributed by atoms with E-state index in [1.165, 1.54) is 0 Å². The smallest absolute Gasteiger partial charge is 0.309 e. The Labute approximate surface area is 108 Å². The molecule has 0 saturated carbocycles. The van der Waals surface area contributed by atoms with Crippen molar-refractivity contribution in [1.29, 1.82) is 0 Å². The van der Waals surface area contributed by atoms with Gasteiger partial charge in [-0.3, -0.25) is 4.79 Å². The quantitative estimate of drug-likeness (QED) is 0.845. The lowest BCUT2D eigenvalue weighted by Crippen LogP contribution is -2.26. The van der Waals surface area contributed by atoms with E-state index < -0.39 is 11.4 Å². The molecule has 0 atom stereocenters. The molecule has 1 aromatic rings. The van der Waals surface area contributed by atoms with Crippen LogP contribution in [0.1, 0.15) is 25.0 Å². The number of ether oxygens (including phenoxy) is 2. The Balaban J connectivity index is 3.09. The van der Waals surface area contributed by atoms with Gasteiger partial charge in [-0.2, -0.15) is 0 Å². The molecule has 0 aliphatic carbocycles. The molecular formula is C14H20O4. The van der Waals surface area contributed by atoms with Gasteiger partial charge in [-0.15, -0.1) is 0 Å². The molecule has 0 unspecified atom stereocenters. The van der Waals surface area contributed by atoms with Crippen LogP contribution >= 0.6 is 0 Å². The van der Waals surface area contributed by atoms with Gasteiger partial charge in [-0.05, 0) is 25.8 Å². The van der Waals surface area contributed by atoms with E-state index in [4.69, 9.17) is 9.47 Å². The predicted octanol–water partition coefficient (Wildman–Crippen LogP) is 2.49. The minimum atomic E-state index is -0.820. The monoisotopic (exact) mass is 252 g/mol. The first-order valence-electron chi connectivity index (χ1n) is 5.79. The number of carbonyl (C=O) groups is 1. The molecule has 100 valence electrons. The summed E-state index contributed by atoms with van der Waals surface area (Å²) in [5.74, 6) is -0.102.